The number of aromatic nitrogens is 2. The Kier molecular flexibility index (Phi) is 5.69. The molecular weight excluding hydrogens is 442 g/mol. The van der Waals surface area contributed by atoms with Gasteiger partial charge in [-0.25, -0.2) is 0 Å². The lowest BCUT2D eigenvalue weighted by atomic mass is 9.94. The molecule has 1 aromatic heterocycles. The molecule has 1 aliphatic heterocycles. The smallest absolute Gasteiger partial charge is 0.273 e. The SMILES string of the molecule is CCCCCN1C(=O)c2[nH]nc(-c3cc(C)cc(C)c3O)c2C1c1cccc(Br)c1. The van der Waals surface area contributed by atoms with Crippen molar-refractivity contribution in [2.45, 2.75) is 46.1 Å². The number of hydrogen-bond acceptors (Lipinski definition) is 3. The first kappa shape index (κ1) is 20.7. The predicted molar refractivity (Wildman–Crippen MR) is 122 cm³/mol. The lowest BCUT2D eigenvalue weighted by Crippen LogP contribution is -2.30. The van der Waals surface area contributed by atoms with Crippen LogP contribution in [0.4, 0.5) is 0 Å². The molecule has 0 bridgehead atoms. The van der Waals surface area contributed by atoms with Crippen LogP contribution in [0, 0.1) is 13.8 Å². The minimum atomic E-state index is -0.240. The highest BCUT2D eigenvalue weighted by molar-refractivity contribution is 9.10. The van der Waals surface area contributed by atoms with Gasteiger partial charge >= 0.3 is 0 Å². The molecule has 0 saturated heterocycles. The molecule has 2 aromatic carbocycles. The molecule has 3 aromatic rings. The zero-order valence-corrected chi connectivity index (χ0v) is 19.1. The maximum absolute atomic E-state index is 13.3. The van der Waals surface area contributed by atoms with Crippen LogP contribution in [0.25, 0.3) is 11.3 Å². The summed E-state index contributed by atoms with van der Waals surface area (Å²) in [6.07, 6.45) is 3.12. The summed E-state index contributed by atoms with van der Waals surface area (Å²) in [5, 5.41) is 18.2. The van der Waals surface area contributed by atoms with Crippen LogP contribution in [-0.2, 0) is 0 Å². The number of H-pyrrole nitrogens is 1. The average Bonchev–Trinajstić information content (AvgIpc) is 3.24. The Morgan fingerprint density at radius 3 is 2.73 bits per heavy atom. The van der Waals surface area contributed by atoms with Crippen LogP contribution in [0.1, 0.15) is 65.0 Å². The van der Waals surface area contributed by atoms with Crippen molar-refractivity contribution in [2.24, 2.45) is 0 Å². The van der Waals surface area contributed by atoms with E-state index in [1.54, 1.807) is 0 Å². The van der Waals surface area contributed by atoms with Crippen molar-refractivity contribution in [1.29, 1.82) is 0 Å². The lowest BCUT2D eigenvalue weighted by molar-refractivity contribution is 0.0740. The number of benzene rings is 2. The topological polar surface area (TPSA) is 69.2 Å². The Morgan fingerprint density at radius 1 is 1.20 bits per heavy atom. The number of aromatic hydroxyl groups is 1. The second-order valence-corrected chi connectivity index (χ2v) is 8.92. The molecule has 0 spiro atoms. The highest BCUT2D eigenvalue weighted by Gasteiger charge is 2.42. The number of carbonyl (C=O) groups is 1. The Morgan fingerprint density at radius 2 is 2.00 bits per heavy atom. The Hall–Kier alpha value is -2.60. The molecule has 0 saturated carbocycles. The number of fused-ring (bicyclic) bond motifs is 1. The number of aryl methyl sites for hydroxylation is 2. The number of nitrogens with one attached hydrogen (secondary N) is 1. The second kappa shape index (κ2) is 8.26. The van der Waals surface area contributed by atoms with E-state index in [0.717, 1.165) is 46.0 Å². The molecule has 0 fully saturated rings. The molecule has 30 heavy (non-hydrogen) atoms. The third-order valence-corrected chi connectivity index (χ3v) is 6.22. The van der Waals surface area contributed by atoms with E-state index in [2.05, 4.69) is 39.1 Å². The number of amides is 1. The van der Waals surface area contributed by atoms with Crippen molar-refractivity contribution in [3.63, 3.8) is 0 Å². The van der Waals surface area contributed by atoms with Crippen molar-refractivity contribution in [3.05, 3.63) is 68.8 Å². The third-order valence-electron chi connectivity index (χ3n) is 5.73. The second-order valence-electron chi connectivity index (χ2n) is 8.00. The van der Waals surface area contributed by atoms with E-state index < -0.39 is 0 Å². The fourth-order valence-electron chi connectivity index (χ4n) is 4.33. The van der Waals surface area contributed by atoms with Gasteiger partial charge in [-0.2, -0.15) is 5.10 Å². The van der Waals surface area contributed by atoms with Crippen LogP contribution < -0.4 is 0 Å². The number of phenolic OH excluding ortho intramolecular Hbond substituents is 1. The highest BCUT2D eigenvalue weighted by Crippen LogP contribution is 2.45. The van der Waals surface area contributed by atoms with Gasteiger partial charge in [0.25, 0.3) is 5.91 Å². The summed E-state index contributed by atoms with van der Waals surface area (Å²) < 4.78 is 0.966. The standard InChI is InChI=1S/C24H26BrN3O2/c1-4-5-6-10-28-22(16-8-7-9-17(25)13-16)19-20(26-27-21(19)24(28)30)18-12-14(2)11-15(3)23(18)29/h7-9,11-13,22,29H,4-6,10H2,1-3H3,(H,26,27). The molecule has 5 nitrogen and oxygen atoms in total. The molecule has 156 valence electrons. The van der Waals surface area contributed by atoms with E-state index in [1.165, 1.54) is 0 Å². The fraction of sp³-hybridized carbons (Fsp3) is 0.333. The first-order chi connectivity index (χ1) is 14.4. The molecule has 6 heteroatoms. The van der Waals surface area contributed by atoms with Crippen molar-refractivity contribution < 1.29 is 9.90 Å². The zero-order valence-electron chi connectivity index (χ0n) is 17.5. The van der Waals surface area contributed by atoms with Gasteiger partial charge in [0.1, 0.15) is 17.1 Å². The first-order valence-electron chi connectivity index (χ1n) is 10.4. The number of aromatic amines is 1. The molecule has 2 N–H and O–H groups in total. The Balaban J connectivity index is 1.88. The van der Waals surface area contributed by atoms with E-state index in [4.69, 9.17) is 0 Å². The molecule has 0 radical (unpaired) electrons. The third kappa shape index (κ3) is 3.54. The lowest BCUT2D eigenvalue weighted by Gasteiger charge is -2.26. The van der Waals surface area contributed by atoms with Crippen LogP contribution in [0.5, 0.6) is 5.75 Å². The van der Waals surface area contributed by atoms with Gasteiger partial charge in [-0.15, -0.1) is 0 Å². The molecule has 2 heterocycles. The van der Waals surface area contributed by atoms with E-state index >= 15 is 0 Å². The summed E-state index contributed by atoms with van der Waals surface area (Å²) in [7, 11) is 0. The molecule has 1 amide bonds. The van der Waals surface area contributed by atoms with Crippen LogP contribution >= 0.6 is 15.9 Å². The summed E-state index contributed by atoms with van der Waals surface area (Å²) >= 11 is 3.57. The quantitative estimate of drug-likeness (QED) is 0.443. The van der Waals surface area contributed by atoms with Crippen molar-refractivity contribution in [2.75, 3.05) is 6.54 Å². The zero-order chi connectivity index (χ0) is 21.4. The van der Waals surface area contributed by atoms with E-state index in [1.807, 2.05) is 49.1 Å². The fourth-order valence-corrected chi connectivity index (χ4v) is 4.75. The first-order valence-corrected chi connectivity index (χ1v) is 11.2. The minimum Gasteiger partial charge on any atom is -0.507 e. The van der Waals surface area contributed by atoms with Gasteiger partial charge in [0, 0.05) is 22.1 Å². The van der Waals surface area contributed by atoms with Gasteiger partial charge in [0.2, 0.25) is 0 Å². The Bertz CT molecular complexity index is 1110. The molecule has 0 aliphatic carbocycles. The summed E-state index contributed by atoms with van der Waals surface area (Å²) in [6, 6.07) is 11.7. The van der Waals surface area contributed by atoms with Gasteiger partial charge in [0.15, 0.2) is 0 Å². The number of nitrogens with zero attached hydrogens (tertiary/aromatic N) is 2. The van der Waals surface area contributed by atoms with Gasteiger partial charge < -0.3 is 10.0 Å². The maximum Gasteiger partial charge on any atom is 0.273 e. The molecular formula is C24H26BrN3O2. The maximum atomic E-state index is 13.3. The van der Waals surface area contributed by atoms with E-state index in [-0.39, 0.29) is 17.7 Å². The summed E-state index contributed by atoms with van der Waals surface area (Å²) in [5.41, 5.74) is 5.53. The number of rotatable bonds is 6. The summed E-state index contributed by atoms with van der Waals surface area (Å²) in [6.45, 7) is 6.72. The largest absolute Gasteiger partial charge is 0.507 e. The van der Waals surface area contributed by atoms with Gasteiger partial charge in [0.05, 0.1) is 6.04 Å². The van der Waals surface area contributed by atoms with E-state index in [0.29, 0.717) is 23.5 Å². The summed E-state index contributed by atoms with van der Waals surface area (Å²) in [5.74, 6) is 0.175. The van der Waals surface area contributed by atoms with Gasteiger partial charge in [-0.05, 0) is 55.2 Å². The summed E-state index contributed by atoms with van der Waals surface area (Å²) in [4.78, 5) is 15.2. The van der Waals surface area contributed by atoms with Gasteiger partial charge in [-0.3, -0.25) is 9.89 Å². The van der Waals surface area contributed by atoms with Crippen LogP contribution in [0.15, 0.2) is 40.9 Å². The number of hydrogen-bond donors (Lipinski definition) is 2. The molecule has 4 rings (SSSR count). The van der Waals surface area contributed by atoms with Crippen LogP contribution in [0.3, 0.4) is 0 Å². The number of phenols is 1. The van der Waals surface area contributed by atoms with Crippen LogP contribution in [-0.4, -0.2) is 32.7 Å². The van der Waals surface area contributed by atoms with Gasteiger partial charge in [-0.1, -0.05) is 53.9 Å². The molecule has 1 unspecified atom stereocenters. The Labute approximate surface area is 185 Å². The predicted octanol–water partition coefficient (Wildman–Crippen LogP) is 5.90. The molecule has 1 aliphatic rings. The van der Waals surface area contributed by atoms with Crippen molar-refractivity contribution in [1.82, 2.24) is 15.1 Å². The normalized spacial score (nSPS) is 15.7. The minimum absolute atomic E-state index is 0.0336. The average molecular weight is 468 g/mol. The van der Waals surface area contributed by atoms with E-state index in [9.17, 15) is 9.90 Å². The number of halogens is 1. The highest BCUT2D eigenvalue weighted by atomic mass is 79.9. The number of unbranched alkanes of at least 4 members (excludes halogenated alkanes) is 2. The van der Waals surface area contributed by atoms with Crippen LogP contribution in [0.2, 0.25) is 0 Å². The van der Waals surface area contributed by atoms with Crippen molar-refractivity contribution >= 4 is 21.8 Å². The number of carbonyl (C=O) groups excluding carboxylic acids is 1. The monoisotopic (exact) mass is 467 g/mol. The molecule has 1 atom stereocenters. The van der Waals surface area contributed by atoms with Crippen molar-refractivity contribution in [3.8, 4) is 17.0 Å².